The highest BCUT2D eigenvalue weighted by Gasteiger charge is 2.10. The Balaban J connectivity index is 1.36. The molecule has 3 aromatic carbocycles. The summed E-state index contributed by atoms with van der Waals surface area (Å²) in [7, 11) is 1.64. The van der Waals surface area contributed by atoms with Crippen LogP contribution in [0, 0.1) is 0 Å². The molecule has 0 fully saturated rings. The molecule has 0 atom stereocenters. The number of hydrogen-bond donors (Lipinski definition) is 2. The smallest absolute Gasteiger partial charge is 0.146 e. The summed E-state index contributed by atoms with van der Waals surface area (Å²) in [6.07, 6.45) is 3.16. The van der Waals surface area contributed by atoms with E-state index in [0.717, 1.165) is 27.6 Å². The number of hydrogen-bond acceptors (Lipinski definition) is 7. The van der Waals surface area contributed by atoms with E-state index in [2.05, 4.69) is 25.3 Å². The lowest BCUT2D eigenvalue weighted by atomic mass is 10.2. The molecule has 0 saturated carbocycles. The van der Waals surface area contributed by atoms with Gasteiger partial charge in [0.15, 0.2) is 0 Å². The number of H-pyrrole nitrogens is 1. The van der Waals surface area contributed by atoms with Crippen molar-refractivity contribution < 1.29 is 14.2 Å². The van der Waals surface area contributed by atoms with Crippen molar-refractivity contribution >= 4 is 45.0 Å². The second kappa shape index (κ2) is 9.32. The normalized spacial score (nSPS) is 11.1. The third-order valence-corrected chi connectivity index (χ3v) is 5.27. The van der Waals surface area contributed by atoms with Crippen LogP contribution in [0.25, 0.3) is 21.9 Å². The Hall–Kier alpha value is -3.88. The number of benzene rings is 3. The van der Waals surface area contributed by atoms with Gasteiger partial charge >= 0.3 is 0 Å². The van der Waals surface area contributed by atoms with Crippen LogP contribution in [0.4, 0.5) is 11.5 Å². The molecule has 166 valence electrons. The maximum absolute atomic E-state index is 6.51. The molecule has 2 heterocycles. The second-order valence-corrected chi connectivity index (χ2v) is 7.60. The van der Waals surface area contributed by atoms with Gasteiger partial charge in [-0.05, 0) is 48.5 Å². The predicted octanol–water partition coefficient (Wildman–Crippen LogP) is 5.72. The molecule has 0 radical (unpaired) electrons. The number of anilines is 2. The highest BCUT2D eigenvalue weighted by Crippen LogP contribution is 2.34. The molecule has 2 N–H and O–H groups in total. The Kier molecular flexibility index (Phi) is 5.93. The average Bonchev–Trinajstić information content (AvgIpc) is 3.29. The maximum atomic E-state index is 6.51. The van der Waals surface area contributed by atoms with Crippen molar-refractivity contribution in [3.05, 3.63) is 72.3 Å². The molecule has 0 bridgehead atoms. The van der Waals surface area contributed by atoms with Crippen LogP contribution in [0.1, 0.15) is 0 Å². The molecule has 0 saturated heterocycles. The zero-order chi connectivity index (χ0) is 22.6. The molecule has 9 heteroatoms. The van der Waals surface area contributed by atoms with Crippen molar-refractivity contribution in [1.29, 1.82) is 0 Å². The van der Waals surface area contributed by atoms with Crippen LogP contribution in [0.15, 0.2) is 67.3 Å². The molecule has 0 aliphatic rings. The van der Waals surface area contributed by atoms with E-state index in [1.807, 2.05) is 48.5 Å². The molecule has 5 aromatic rings. The van der Waals surface area contributed by atoms with Crippen molar-refractivity contribution in [3.8, 4) is 17.2 Å². The first-order chi connectivity index (χ1) is 16.2. The number of fused-ring (bicyclic) bond motifs is 2. The minimum absolute atomic E-state index is 0.461. The Morgan fingerprint density at radius 3 is 2.70 bits per heavy atom. The van der Waals surface area contributed by atoms with Crippen LogP contribution >= 0.6 is 11.6 Å². The molecule has 0 aliphatic heterocycles. The molecule has 2 aromatic heterocycles. The lowest BCUT2D eigenvalue weighted by Gasteiger charge is -2.12. The summed E-state index contributed by atoms with van der Waals surface area (Å²) in [5.74, 6) is 2.55. The number of aromatic nitrogens is 4. The van der Waals surface area contributed by atoms with Gasteiger partial charge in [0, 0.05) is 24.2 Å². The van der Waals surface area contributed by atoms with E-state index in [-0.39, 0.29) is 0 Å². The minimum Gasteiger partial charge on any atom is -0.491 e. The molecular formula is C24H20ClN5O3. The van der Waals surface area contributed by atoms with Crippen molar-refractivity contribution in [2.24, 2.45) is 0 Å². The fraction of sp³-hybridized carbons (Fsp3) is 0.125. The topological polar surface area (TPSA) is 94.2 Å². The fourth-order valence-corrected chi connectivity index (χ4v) is 3.59. The van der Waals surface area contributed by atoms with Crippen LogP contribution in [-0.2, 0) is 4.74 Å². The summed E-state index contributed by atoms with van der Waals surface area (Å²) >= 11 is 6.51. The summed E-state index contributed by atoms with van der Waals surface area (Å²) in [5.41, 5.74) is 3.33. The predicted molar refractivity (Wildman–Crippen MR) is 128 cm³/mol. The second-order valence-electron chi connectivity index (χ2n) is 7.20. The van der Waals surface area contributed by atoms with Crippen molar-refractivity contribution in [1.82, 2.24) is 19.9 Å². The van der Waals surface area contributed by atoms with Gasteiger partial charge in [-0.2, -0.15) is 0 Å². The van der Waals surface area contributed by atoms with Crippen LogP contribution in [0.5, 0.6) is 17.2 Å². The Bertz CT molecular complexity index is 1420. The third kappa shape index (κ3) is 4.67. The minimum atomic E-state index is 0.461. The molecular weight excluding hydrogens is 442 g/mol. The molecule has 0 spiro atoms. The standard InChI is InChI=1S/C24H20ClN5O3/c1-31-8-9-32-16-3-5-20-18(11-16)24(29-14-26-20)30-15-2-7-23(19(25)10-15)33-17-4-6-21-22(12-17)28-13-27-21/h2-7,10-14H,8-9H2,1H3,(H,27,28)(H,26,29,30). The van der Waals surface area contributed by atoms with E-state index < -0.39 is 0 Å². The van der Waals surface area contributed by atoms with E-state index in [1.54, 1.807) is 19.5 Å². The summed E-state index contributed by atoms with van der Waals surface area (Å²) < 4.78 is 16.7. The first-order valence-electron chi connectivity index (χ1n) is 10.2. The number of rotatable bonds is 8. The number of aromatic amines is 1. The van der Waals surface area contributed by atoms with E-state index in [1.165, 1.54) is 6.33 Å². The van der Waals surface area contributed by atoms with Gasteiger partial charge in [0.05, 0.1) is 34.5 Å². The van der Waals surface area contributed by atoms with Crippen LogP contribution in [0.3, 0.4) is 0 Å². The molecule has 0 unspecified atom stereocenters. The first kappa shape index (κ1) is 21.0. The van der Waals surface area contributed by atoms with Gasteiger partial charge in [-0.1, -0.05) is 11.6 Å². The van der Waals surface area contributed by atoms with Gasteiger partial charge in [-0.15, -0.1) is 0 Å². The quantitative estimate of drug-likeness (QED) is 0.285. The Morgan fingerprint density at radius 2 is 1.82 bits per heavy atom. The number of methoxy groups -OCH3 is 1. The van der Waals surface area contributed by atoms with Crippen LogP contribution in [-0.4, -0.2) is 40.3 Å². The van der Waals surface area contributed by atoms with Gasteiger partial charge in [-0.3, -0.25) is 0 Å². The molecule has 5 rings (SSSR count). The van der Waals surface area contributed by atoms with Gasteiger partial charge in [0.1, 0.15) is 36.0 Å². The lowest BCUT2D eigenvalue weighted by molar-refractivity contribution is 0.146. The van der Waals surface area contributed by atoms with Gasteiger partial charge in [0.2, 0.25) is 0 Å². The van der Waals surface area contributed by atoms with Crippen molar-refractivity contribution in [2.75, 3.05) is 25.6 Å². The molecule has 33 heavy (non-hydrogen) atoms. The molecule has 0 amide bonds. The summed E-state index contributed by atoms with van der Waals surface area (Å²) in [4.78, 5) is 16.0. The SMILES string of the molecule is COCCOc1ccc2ncnc(Nc3ccc(Oc4ccc5[nH]cnc5c4)c(Cl)c3)c2c1. The maximum Gasteiger partial charge on any atom is 0.146 e. The van der Waals surface area contributed by atoms with Gasteiger partial charge in [0.25, 0.3) is 0 Å². The monoisotopic (exact) mass is 461 g/mol. The Morgan fingerprint density at radius 1 is 0.909 bits per heavy atom. The summed E-state index contributed by atoms with van der Waals surface area (Å²) in [6, 6.07) is 16.8. The first-order valence-corrected chi connectivity index (χ1v) is 10.6. The number of nitrogens with one attached hydrogen (secondary N) is 2. The lowest BCUT2D eigenvalue weighted by Crippen LogP contribution is -2.04. The van der Waals surface area contributed by atoms with E-state index in [9.17, 15) is 0 Å². The highest BCUT2D eigenvalue weighted by molar-refractivity contribution is 6.32. The Labute approximate surface area is 194 Å². The zero-order valence-electron chi connectivity index (χ0n) is 17.7. The van der Waals surface area contributed by atoms with Crippen LogP contribution in [0.2, 0.25) is 5.02 Å². The number of imidazole rings is 1. The summed E-state index contributed by atoms with van der Waals surface area (Å²) in [6.45, 7) is 0.972. The third-order valence-electron chi connectivity index (χ3n) is 4.98. The molecule has 0 aliphatic carbocycles. The largest absolute Gasteiger partial charge is 0.491 e. The fourth-order valence-electron chi connectivity index (χ4n) is 3.37. The number of halogens is 1. The average molecular weight is 462 g/mol. The van der Waals surface area contributed by atoms with Crippen molar-refractivity contribution in [2.45, 2.75) is 0 Å². The number of ether oxygens (including phenoxy) is 3. The molecule has 8 nitrogen and oxygen atoms in total. The zero-order valence-corrected chi connectivity index (χ0v) is 18.5. The van der Waals surface area contributed by atoms with E-state index >= 15 is 0 Å². The van der Waals surface area contributed by atoms with Gasteiger partial charge in [-0.25, -0.2) is 15.0 Å². The van der Waals surface area contributed by atoms with Gasteiger partial charge < -0.3 is 24.5 Å². The highest BCUT2D eigenvalue weighted by atomic mass is 35.5. The van der Waals surface area contributed by atoms with E-state index in [0.29, 0.717) is 41.3 Å². The number of nitrogens with zero attached hydrogens (tertiary/aromatic N) is 3. The van der Waals surface area contributed by atoms with Crippen LogP contribution < -0.4 is 14.8 Å². The van der Waals surface area contributed by atoms with Crippen molar-refractivity contribution in [3.63, 3.8) is 0 Å². The van der Waals surface area contributed by atoms with E-state index in [4.69, 9.17) is 25.8 Å². The summed E-state index contributed by atoms with van der Waals surface area (Å²) in [5, 5.41) is 4.60.